The predicted molar refractivity (Wildman–Crippen MR) is 99.6 cm³/mol. The van der Waals surface area contributed by atoms with Crippen molar-refractivity contribution in [2.75, 3.05) is 25.4 Å². The highest BCUT2D eigenvalue weighted by molar-refractivity contribution is 7.16. The Balaban J connectivity index is 0.000000359. The number of nitriles is 1. The SMILES string of the molecule is CCCCN1CCC=C(c2nc(N)sc2C#N)C1.O=C(O)/C=C\C(=O)O. The third-order valence-corrected chi connectivity index (χ3v) is 4.26. The van der Waals surface area contributed by atoms with Gasteiger partial charge in [-0.15, -0.1) is 0 Å². The van der Waals surface area contributed by atoms with Gasteiger partial charge in [-0.2, -0.15) is 5.26 Å². The number of thiazole rings is 1. The molecule has 0 fully saturated rings. The van der Waals surface area contributed by atoms with Crippen LogP contribution in [0.4, 0.5) is 5.13 Å². The lowest BCUT2D eigenvalue weighted by Gasteiger charge is -2.26. The Morgan fingerprint density at radius 1 is 1.42 bits per heavy atom. The molecule has 0 bridgehead atoms. The number of nitrogens with two attached hydrogens (primary N) is 1. The summed E-state index contributed by atoms with van der Waals surface area (Å²) < 4.78 is 0. The Labute approximate surface area is 155 Å². The van der Waals surface area contributed by atoms with Crippen LogP contribution in [-0.2, 0) is 9.59 Å². The van der Waals surface area contributed by atoms with Crippen molar-refractivity contribution in [1.29, 1.82) is 5.26 Å². The number of nitrogens with zero attached hydrogens (tertiary/aromatic N) is 3. The molecule has 0 atom stereocenters. The third-order valence-electron chi connectivity index (χ3n) is 3.48. The Morgan fingerprint density at radius 3 is 2.62 bits per heavy atom. The Hall–Kier alpha value is -2.70. The summed E-state index contributed by atoms with van der Waals surface area (Å²) in [6, 6.07) is 2.19. The lowest BCUT2D eigenvalue weighted by molar-refractivity contribution is -0.134. The van der Waals surface area contributed by atoms with Crippen molar-refractivity contribution in [2.45, 2.75) is 26.2 Å². The monoisotopic (exact) mass is 378 g/mol. The largest absolute Gasteiger partial charge is 0.478 e. The molecule has 0 amide bonds. The van der Waals surface area contributed by atoms with E-state index in [1.807, 2.05) is 0 Å². The fourth-order valence-electron chi connectivity index (χ4n) is 2.32. The second-order valence-corrected chi connectivity index (χ2v) is 6.53. The van der Waals surface area contributed by atoms with Crippen molar-refractivity contribution in [3.63, 3.8) is 0 Å². The summed E-state index contributed by atoms with van der Waals surface area (Å²) in [4.78, 5) is 26.5. The van der Waals surface area contributed by atoms with Crippen LogP contribution in [0.3, 0.4) is 0 Å². The fraction of sp³-hybridized carbons (Fsp3) is 0.412. The molecular weight excluding hydrogens is 356 g/mol. The van der Waals surface area contributed by atoms with Crippen LogP contribution < -0.4 is 5.73 Å². The van der Waals surface area contributed by atoms with E-state index in [1.165, 1.54) is 24.2 Å². The molecule has 1 aromatic rings. The van der Waals surface area contributed by atoms with Gasteiger partial charge in [-0.1, -0.05) is 30.8 Å². The highest BCUT2D eigenvalue weighted by Gasteiger charge is 2.19. The molecule has 1 aliphatic heterocycles. The first-order chi connectivity index (χ1) is 12.4. The topological polar surface area (TPSA) is 141 Å². The first-order valence-electron chi connectivity index (χ1n) is 8.09. The predicted octanol–water partition coefficient (Wildman–Crippen LogP) is 2.20. The molecule has 9 heteroatoms. The van der Waals surface area contributed by atoms with Crippen LogP contribution in [0.5, 0.6) is 0 Å². The van der Waals surface area contributed by atoms with Gasteiger partial charge in [0.1, 0.15) is 10.9 Å². The highest BCUT2D eigenvalue weighted by atomic mass is 32.1. The number of carboxylic acid groups (broad SMARTS) is 2. The van der Waals surface area contributed by atoms with Gasteiger partial charge in [0, 0.05) is 25.2 Å². The van der Waals surface area contributed by atoms with Gasteiger partial charge in [0.15, 0.2) is 5.13 Å². The quantitative estimate of drug-likeness (QED) is 0.640. The van der Waals surface area contributed by atoms with E-state index in [0.717, 1.165) is 37.3 Å². The van der Waals surface area contributed by atoms with Crippen LogP contribution >= 0.6 is 11.3 Å². The fourth-order valence-corrected chi connectivity index (χ4v) is 2.99. The summed E-state index contributed by atoms with van der Waals surface area (Å²) in [5.41, 5.74) is 7.64. The lowest BCUT2D eigenvalue weighted by atomic mass is 10.1. The first kappa shape index (κ1) is 21.3. The van der Waals surface area contributed by atoms with Gasteiger partial charge in [-0.25, -0.2) is 14.6 Å². The Morgan fingerprint density at radius 2 is 2.08 bits per heavy atom. The summed E-state index contributed by atoms with van der Waals surface area (Å²) in [5.74, 6) is -2.51. The molecule has 0 aromatic carbocycles. The zero-order valence-corrected chi connectivity index (χ0v) is 15.3. The lowest BCUT2D eigenvalue weighted by Crippen LogP contribution is -2.30. The molecule has 0 saturated heterocycles. The number of hydrogen-bond donors (Lipinski definition) is 3. The number of aromatic nitrogens is 1. The minimum atomic E-state index is -1.26. The highest BCUT2D eigenvalue weighted by Crippen LogP contribution is 2.28. The number of aliphatic carboxylic acids is 2. The minimum absolute atomic E-state index is 0.480. The van der Waals surface area contributed by atoms with Crippen molar-refractivity contribution in [1.82, 2.24) is 9.88 Å². The summed E-state index contributed by atoms with van der Waals surface area (Å²) in [6.07, 6.45) is 6.77. The molecule has 1 aromatic heterocycles. The van der Waals surface area contributed by atoms with Crippen molar-refractivity contribution in [3.05, 3.63) is 28.8 Å². The van der Waals surface area contributed by atoms with Crippen LogP contribution in [0.25, 0.3) is 5.57 Å². The van der Waals surface area contributed by atoms with E-state index in [0.29, 0.717) is 22.2 Å². The zero-order valence-electron chi connectivity index (χ0n) is 14.5. The number of carboxylic acids is 2. The average Bonchev–Trinajstić information content (AvgIpc) is 3.00. The van der Waals surface area contributed by atoms with E-state index < -0.39 is 11.9 Å². The Kier molecular flexibility index (Phi) is 9.05. The van der Waals surface area contributed by atoms with Gasteiger partial charge in [0.2, 0.25) is 0 Å². The molecular formula is C17H22N4O4S. The minimum Gasteiger partial charge on any atom is -0.478 e. The smallest absolute Gasteiger partial charge is 0.328 e. The second kappa shape index (κ2) is 11.0. The van der Waals surface area contributed by atoms with E-state index in [4.69, 9.17) is 21.2 Å². The van der Waals surface area contributed by atoms with Gasteiger partial charge < -0.3 is 15.9 Å². The molecule has 8 nitrogen and oxygen atoms in total. The molecule has 4 N–H and O–H groups in total. The van der Waals surface area contributed by atoms with Crippen LogP contribution in [0.1, 0.15) is 36.8 Å². The van der Waals surface area contributed by atoms with Crippen LogP contribution in [0.15, 0.2) is 18.2 Å². The Bertz CT molecular complexity index is 718. The number of hydrogen-bond acceptors (Lipinski definition) is 7. The molecule has 2 rings (SSSR count). The van der Waals surface area contributed by atoms with Crippen molar-refractivity contribution < 1.29 is 19.8 Å². The number of carbonyl (C=O) groups is 2. The normalized spacial score (nSPS) is 14.2. The number of unbranched alkanes of at least 4 members (excludes halogenated alkanes) is 1. The van der Waals surface area contributed by atoms with Gasteiger partial charge in [-0.3, -0.25) is 4.90 Å². The molecule has 0 unspecified atom stereocenters. The summed E-state index contributed by atoms with van der Waals surface area (Å²) >= 11 is 1.27. The van der Waals surface area contributed by atoms with E-state index in [2.05, 4.69) is 29.0 Å². The van der Waals surface area contributed by atoms with E-state index in [-0.39, 0.29) is 0 Å². The summed E-state index contributed by atoms with van der Waals surface area (Å²) in [7, 11) is 0. The molecule has 0 radical (unpaired) electrons. The first-order valence-corrected chi connectivity index (χ1v) is 8.91. The van der Waals surface area contributed by atoms with Crippen LogP contribution in [-0.4, -0.2) is 51.7 Å². The van der Waals surface area contributed by atoms with Crippen molar-refractivity contribution in [2.24, 2.45) is 0 Å². The maximum atomic E-state index is 9.55. The van der Waals surface area contributed by atoms with Gasteiger partial charge in [0.25, 0.3) is 0 Å². The standard InChI is InChI=1S/C13H18N4S.C4H4O4/c1-2-3-6-17-7-4-5-10(9-17)12-11(8-14)18-13(15)16-12;5-3(6)1-2-4(7)8/h5H,2-4,6-7,9H2,1H3,(H2,15,16);1-2H,(H,5,6)(H,7,8)/b;2-1-. The maximum absolute atomic E-state index is 9.55. The number of nitrogen functional groups attached to an aromatic ring is 1. The molecule has 0 spiro atoms. The van der Waals surface area contributed by atoms with Crippen LogP contribution in [0.2, 0.25) is 0 Å². The van der Waals surface area contributed by atoms with Crippen molar-refractivity contribution >= 4 is 34.0 Å². The van der Waals surface area contributed by atoms with Crippen molar-refractivity contribution in [3.8, 4) is 6.07 Å². The van der Waals surface area contributed by atoms with E-state index >= 15 is 0 Å². The second-order valence-electron chi connectivity index (χ2n) is 5.50. The molecule has 140 valence electrons. The molecule has 26 heavy (non-hydrogen) atoms. The summed E-state index contributed by atoms with van der Waals surface area (Å²) in [6.45, 7) is 5.31. The molecule has 0 saturated carbocycles. The average molecular weight is 378 g/mol. The van der Waals surface area contributed by atoms with Crippen LogP contribution in [0, 0.1) is 11.3 Å². The van der Waals surface area contributed by atoms with Gasteiger partial charge in [0.05, 0.1) is 5.69 Å². The number of anilines is 1. The van der Waals surface area contributed by atoms with Gasteiger partial charge in [-0.05, 0) is 25.0 Å². The van der Waals surface area contributed by atoms with E-state index in [1.54, 1.807) is 0 Å². The zero-order chi connectivity index (χ0) is 19.5. The molecule has 2 heterocycles. The molecule has 0 aliphatic carbocycles. The van der Waals surface area contributed by atoms with Gasteiger partial charge >= 0.3 is 11.9 Å². The molecule has 1 aliphatic rings. The third kappa shape index (κ3) is 7.46. The van der Waals surface area contributed by atoms with E-state index in [9.17, 15) is 9.59 Å². The summed E-state index contributed by atoms with van der Waals surface area (Å²) in [5, 5.41) is 25.2. The maximum Gasteiger partial charge on any atom is 0.328 e. The number of rotatable bonds is 6.